The van der Waals surface area contributed by atoms with Gasteiger partial charge in [0.05, 0.1) is 31.7 Å². The van der Waals surface area contributed by atoms with Crippen molar-refractivity contribution in [2.24, 2.45) is 0 Å². The summed E-state index contributed by atoms with van der Waals surface area (Å²) in [6.07, 6.45) is 0.231. The van der Waals surface area contributed by atoms with E-state index in [-0.39, 0.29) is 12.3 Å². The number of carbonyl (C=O) groups is 1. The zero-order chi connectivity index (χ0) is 21.1. The van der Waals surface area contributed by atoms with E-state index in [2.05, 4.69) is 15.3 Å². The molecular formula is C24H23N3O3. The van der Waals surface area contributed by atoms with Gasteiger partial charge in [0.1, 0.15) is 5.82 Å². The van der Waals surface area contributed by atoms with E-state index in [9.17, 15) is 4.79 Å². The minimum atomic E-state index is -0.105. The Hall–Kier alpha value is -3.80. The number of methoxy groups -OCH3 is 2. The number of nitrogens with zero attached hydrogens (tertiary/aromatic N) is 1. The normalized spacial score (nSPS) is 10.8. The van der Waals surface area contributed by atoms with Crippen LogP contribution < -0.4 is 14.8 Å². The Bertz CT molecular complexity index is 1180. The van der Waals surface area contributed by atoms with Crippen molar-refractivity contribution in [2.75, 3.05) is 19.5 Å². The summed E-state index contributed by atoms with van der Waals surface area (Å²) in [5.74, 6) is 1.90. The summed E-state index contributed by atoms with van der Waals surface area (Å²) in [5, 5.41) is 3.02. The molecule has 0 aliphatic carbocycles. The largest absolute Gasteiger partial charge is 0.493 e. The van der Waals surface area contributed by atoms with E-state index < -0.39 is 0 Å². The van der Waals surface area contributed by atoms with Crippen LogP contribution in [0.2, 0.25) is 0 Å². The third-order valence-corrected chi connectivity index (χ3v) is 4.99. The Morgan fingerprint density at radius 2 is 1.80 bits per heavy atom. The lowest BCUT2D eigenvalue weighted by atomic mass is 10.1. The van der Waals surface area contributed by atoms with Gasteiger partial charge in [-0.2, -0.15) is 0 Å². The number of rotatable bonds is 6. The van der Waals surface area contributed by atoms with Crippen molar-refractivity contribution in [3.05, 3.63) is 71.8 Å². The van der Waals surface area contributed by atoms with Gasteiger partial charge in [-0.25, -0.2) is 4.98 Å². The van der Waals surface area contributed by atoms with Crippen molar-refractivity contribution in [2.45, 2.75) is 13.3 Å². The second-order valence-corrected chi connectivity index (χ2v) is 7.05. The molecule has 152 valence electrons. The van der Waals surface area contributed by atoms with Gasteiger partial charge in [0.25, 0.3) is 0 Å². The van der Waals surface area contributed by atoms with Crippen molar-refractivity contribution in [3.8, 4) is 22.9 Å². The van der Waals surface area contributed by atoms with Gasteiger partial charge in [0, 0.05) is 11.3 Å². The summed E-state index contributed by atoms with van der Waals surface area (Å²) in [6.45, 7) is 1.97. The number of ether oxygens (including phenoxy) is 2. The van der Waals surface area contributed by atoms with Crippen LogP contribution >= 0.6 is 0 Å². The van der Waals surface area contributed by atoms with E-state index in [1.165, 1.54) is 0 Å². The number of imidazole rings is 1. The molecule has 30 heavy (non-hydrogen) atoms. The van der Waals surface area contributed by atoms with Gasteiger partial charge in [-0.3, -0.25) is 4.79 Å². The molecule has 0 atom stereocenters. The number of aryl methyl sites for hydroxylation is 1. The van der Waals surface area contributed by atoms with E-state index in [1.807, 2.05) is 61.5 Å². The molecule has 6 nitrogen and oxygen atoms in total. The molecule has 0 aliphatic rings. The standard InChI is InChI=1S/C24H23N3O3/c1-15-8-10-17(24-26-18-6-4-5-7-19(18)27-24)14-20(15)25-23(28)13-16-9-11-21(29-2)22(12-16)30-3/h4-12,14H,13H2,1-3H3,(H,25,28)(H,26,27). The highest BCUT2D eigenvalue weighted by atomic mass is 16.5. The molecule has 1 aromatic heterocycles. The highest BCUT2D eigenvalue weighted by Crippen LogP contribution is 2.28. The summed E-state index contributed by atoms with van der Waals surface area (Å²) in [7, 11) is 3.16. The molecule has 0 saturated carbocycles. The molecule has 0 saturated heterocycles. The van der Waals surface area contributed by atoms with Crippen LogP contribution in [0, 0.1) is 6.92 Å². The zero-order valence-electron chi connectivity index (χ0n) is 17.2. The fraction of sp³-hybridized carbons (Fsp3) is 0.167. The number of benzene rings is 3. The van der Waals surface area contributed by atoms with E-state index >= 15 is 0 Å². The van der Waals surface area contributed by atoms with Gasteiger partial charge >= 0.3 is 0 Å². The molecule has 4 aromatic rings. The fourth-order valence-electron chi connectivity index (χ4n) is 3.36. The molecule has 0 fully saturated rings. The van der Waals surface area contributed by atoms with Crippen molar-refractivity contribution in [1.29, 1.82) is 0 Å². The van der Waals surface area contributed by atoms with Crippen LogP contribution in [0.5, 0.6) is 11.5 Å². The van der Waals surface area contributed by atoms with E-state index in [4.69, 9.17) is 9.47 Å². The molecule has 6 heteroatoms. The lowest BCUT2D eigenvalue weighted by Crippen LogP contribution is -2.15. The summed E-state index contributed by atoms with van der Waals surface area (Å²) in [4.78, 5) is 20.6. The summed E-state index contributed by atoms with van der Waals surface area (Å²) >= 11 is 0. The SMILES string of the molecule is COc1ccc(CC(=O)Nc2cc(-c3nc4ccccc4[nH]3)ccc2C)cc1OC. The molecule has 2 N–H and O–H groups in total. The Morgan fingerprint density at radius 3 is 2.57 bits per heavy atom. The number of hydrogen-bond donors (Lipinski definition) is 2. The summed E-state index contributed by atoms with van der Waals surface area (Å²) in [5.41, 5.74) is 5.39. The molecular weight excluding hydrogens is 378 g/mol. The van der Waals surface area contributed by atoms with Gasteiger partial charge in [-0.05, 0) is 48.4 Å². The quantitative estimate of drug-likeness (QED) is 0.489. The maximum absolute atomic E-state index is 12.7. The topological polar surface area (TPSA) is 76.2 Å². The first-order valence-electron chi connectivity index (χ1n) is 9.64. The van der Waals surface area contributed by atoms with Crippen LogP contribution in [0.1, 0.15) is 11.1 Å². The molecule has 1 amide bonds. The number of carbonyl (C=O) groups excluding carboxylic acids is 1. The first-order chi connectivity index (χ1) is 14.6. The molecule has 0 unspecified atom stereocenters. The minimum absolute atomic E-state index is 0.105. The lowest BCUT2D eigenvalue weighted by molar-refractivity contribution is -0.115. The monoisotopic (exact) mass is 401 g/mol. The van der Waals surface area contributed by atoms with Crippen LogP contribution in [-0.4, -0.2) is 30.1 Å². The smallest absolute Gasteiger partial charge is 0.228 e. The van der Waals surface area contributed by atoms with Crippen LogP contribution in [0.15, 0.2) is 60.7 Å². The van der Waals surface area contributed by atoms with Crippen molar-refractivity contribution < 1.29 is 14.3 Å². The first-order valence-corrected chi connectivity index (χ1v) is 9.64. The van der Waals surface area contributed by atoms with Crippen LogP contribution in [0.4, 0.5) is 5.69 Å². The van der Waals surface area contributed by atoms with Gasteiger partial charge < -0.3 is 19.8 Å². The third kappa shape index (κ3) is 3.98. The van der Waals surface area contributed by atoms with Gasteiger partial charge in [0.15, 0.2) is 11.5 Å². The molecule has 0 bridgehead atoms. The Balaban J connectivity index is 1.54. The second-order valence-electron chi connectivity index (χ2n) is 7.05. The number of aromatic amines is 1. The third-order valence-electron chi connectivity index (χ3n) is 4.99. The summed E-state index contributed by atoms with van der Waals surface area (Å²) < 4.78 is 10.6. The number of hydrogen-bond acceptors (Lipinski definition) is 4. The van der Waals surface area contributed by atoms with Crippen LogP contribution in [-0.2, 0) is 11.2 Å². The fourth-order valence-corrected chi connectivity index (χ4v) is 3.36. The Kier molecular flexibility index (Phi) is 5.39. The molecule has 1 heterocycles. The first kappa shape index (κ1) is 19.5. The second kappa shape index (κ2) is 8.29. The molecule has 0 radical (unpaired) electrons. The number of aromatic nitrogens is 2. The number of amides is 1. The van der Waals surface area contributed by atoms with Crippen molar-refractivity contribution >= 4 is 22.6 Å². The van der Waals surface area contributed by atoms with Gasteiger partial charge in [0.2, 0.25) is 5.91 Å². The zero-order valence-corrected chi connectivity index (χ0v) is 17.2. The van der Waals surface area contributed by atoms with E-state index in [0.29, 0.717) is 11.5 Å². The Labute approximate surface area is 174 Å². The highest BCUT2D eigenvalue weighted by molar-refractivity contribution is 5.94. The highest BCUT2D eigenvalue weighted by Gasteiger charge is 2.12. The Morgan fingerprint density at radius 1 is 1.00 bits per heavy atom. The van der Waals surface area contributed by atoms with Gasteiger partial charge in [-0.15, -0.1) is 0 Å². The molecule has 0 aliphatic heterocycles. The van der Waals surface area contributed by atoms with Crippen LogP contribution in [0.3, 0.4) is 0 Å². The predicted octanol–water partition coefficient (Wildman–Crippen LogP) is 4.74. The van der Waals surface area contributed by atoms with Crippen molar-refractivity contribution in [3.63, 3.8) is 0 Å². The number of nitrogens with one attached hydrogen (secondary N) is 2. The molecule has 0 spiro atoms. The maximum atomic E-state index is 12.7. The average Bonchev–Trinajstić information content (AvgIpc) is 3.19. The minimum Gasteiger partial charge on any atom is -0.493 e. The average molecular weight is 401 g/mol. The molecule has 4 rings (SSSR count). The van der Waals surface area contributed by atoms with E-state index in [1.54, 1.807) is 20.3 Å². The summed E-state index contributed by atoms with van der Waals surface area (Å²) in [6, 6.07) is 19.3. The van der Waals surface area contributed by atoms with E-state index in [0.717, 1.165) is 39.2 Å². The number of fused-ring (bicyclic) bond motifs is 1. The molecule has 3 aromatic carbocycles. The van der Waals surface area contributed by atoms with Crippen LogP contribution in [0.25, 0.3) is 22.4 Å². The number of H-pyrrole nitrogens is 1. The van der Waals surface area contributed by atoms with Crippen molar-refractivity contribution in [1.82, 2.24) is 9.97 Å². The number of anilines is 1. The number of para-hydroxylation sites is 2. The van der Waals surface area contributed by atoms with Gasteiger partial charge in [-0.1, -0.05) is 30.3 Å². The lowest BCUT2D eigenvalue weighted by Gasteiger charge is -2.12. The predicted molar refractivity (Wildman–Crippen MR) is 118 cm³/mol. The maximum Gasteiger partial charge on any atom is 0.228 e.